The normalized spacial score (nSPS) is 12.1. The average Bonchev–Trinajstić information content (AvgIpc) is 2.73. The van der Waals surface area contributed by atoms with Gasteiger partial charge >= 0.3 is 0 Å². The number of amides is 1. The first-order valence-corrected chi connectivity index (χ1v) is 9.50. The van der Waals surface area contributed by atoms with Gasteiger partial charge in [-0.15, -0.1) is 0 Å². The van der Waals surface area contributed by atoms with Crippen LogP contribution in [0.25, 0.3) is 10.8 Å². The molecule has 0 spiro atoms. The second-order valence-electron chi connectivity index (χ2n) is 6.40. The van der Waals surface area contributed by atoms with Crippen LogP contribution >= 0.6 is 0 Å². The zero-order chi connectivity index (χ0) is 19.8. The summed E-state index contributed by atoms with van der Waals surface area (Å²) in [4.78, 5) is 12.4. The lowest BCUT2D eigenvalue weighted by atomic mass is 10.1. The molecule has 0 bridgehead atoms. The Morgan fingerprint density at radius 3 is 2.50 bits per heavy atom. The van der Waals surface area contributed by atoms with E-state index in [4.69, 9.17) is 4.74 Å². The van der Waals surface area contributed by atoms with E-state index < -0.39 is 0 Å². The Bertz CT molecular complexity index is 951. The van der Waals surface area contributed by atoms with Gasteiger partial charge in [0.1, 0.15) is 11.8 Å². The molecule has 2 N–H and O–H groups in total. The predicted octanol–water partition coefficient (Wildman–Crippen LogP) is 4.58. The lowest BCUT2D eigenvalue weighted by Gasteiger charge is -2.16. The molecule has 0 unspecified atom stereocenters. The highest BCUT2D eigenvalue weighted by Crippen LogP contribution is 2.17. The first-order valence-electron chi connectivity index (χ1n) is 9.50. The standard InChI is InChI=1S/C23H25N3O2/c1-3-22(25-20-11-13-21(14-12-20)28-4-2)23(27)26-24-16-17-9-10-18-7-5-6-8-19(18)15-17/h5-16,22,25H,3-4H2,1-2H3,(H,26,27)/b24-16-/t22-/m0/s1. The second kappa shape index (κ2) is 9.55. The number of ether oxygens (including phenoxy) is 1. The van der Waals surface area contributed by atoms with Crippen molar-refractivity contribution in [1.29, 1.82) is 0 Å². The van der Waals surface area contributed by atoms with Crippen molar-refractivity contribution in [2.75, 3.05) is 11.9 Å². The van der Waals surface area contributed by atoms with E-state index in [0.717, 1.165) is 22.4 Å². The molecule has 0 fully saturated rings. The van der Waals surface area contributed by atoms with E-state index in [9.17, 15) is 4.79 Å². The van der Waals surface area contributed by atoms with Crippen LogP contribution in [0.4, 0.5) is 5.69 Å². The molecule has 144 valence electrons. The van der Waals surface area contributed by atoms with Crippen LogP contribution in [0.15, 0.2) is 71.8 Å². The van der Waals surface area contributed by atoms with E-state index in [1.807, 2.05) is 68.4 Å². The van der Waals surface area contributed by atoms with Crippen molar-refractivity contribution in [2.24, 2.45) is 5.10 Å². The molecule has 0 aliphatic carbocycles. The molecule has 0 radical (unpaired) electrons. The highest BCUT2D eigenvalue weighted by atomic mass is 16.5. The van der Waals surface area contributed by atoms with Gasteiger partial charge in [-0.2, -0.15) is 5.10 Å². The van der Waals surface area contributed by atoms with Gasteiger partial charge in [-0.1, -0.05) is 43.3 Å². The second-order valence-corrected chi connectivity index (χ2v) is 6.40. The molecule has 0 aromatic heterocycles. The highest BCUT2D eigenvalue weighted by Gasteiger charge is 2.15. The van der Waals surface area contributed by atoms with Gasteiger partial charge in [0.25, 0.3) is 5.91 Å². The van der Waals surface area contributed by atoms with E-state index >= 15 is 0 Å². The number of hydrogen-bond acceptors (Lipinski definition) is 4. The van der Waals surface area contributed by atoms with E-state index in [-0.39, 0.29) is 11.9 Å². The van der Waals surface area contributed by atoms with Gasteiger partial charge in [0, 0.05) is 5.69 Å². The topological polar surface area (TPSA) is 62.7 Å². The summed E-state index contributed by atoms with van der Waals surface area (Å²) in [5.41, 5.74) is 4.43. The number of hydrogen-bond donors (Lipinski definition) is 2. The highest BCUT2D eigenvalue weighted by molar-refractivity contribution is 5.91. The molecule has 3 aromatic carbocycles. The molecule has 1 amide bonds. The van der Waals surface area contributed by atoms with Crippen molar-refractivity contribution in [1.82, 2.24) is 5.43 Å². The van der Waals surface area contributed by atoms with Gasteiger partial charge in [0.05, 0.1) is 12.8 Å². The number of nitrogens with zero attached hydrogens (tertiary/aromatic N) is 1. The molecule has 3 aromatic rings. The fourth-order valence-corrected chi connectivity index (χ4v) is 2.90. The maximum Gasteiger partial charge on any atom is 0.262 e. The number of fused-ring (bicyclic) bond motifs is 1. The van der Waals surface area contributed by atoms with Crippen LogP contribution in [-0.4, -0.2) is 24.8 Å². The zero-order valence-corrected chi connectivity index (χ0v) is 16.2. The third-order valence-corrected chi connectivity index (χ3v) is 4.39. The molecule has 0 saturated heterocycles. The number of nitrogens with one attached hydrogen (secondary N) is 2. The van der Waals surface area contributed by atoms with E-state index in [2.05, 4.69) is 28.0 Å². The molecular weight excluding hydrogens is 350 g/mol. The number of hydrazone groups is 1. The molecule has 3 rings (SSSR count). The number of rotatable bonds is 8. The summed E-state index contributed by atoms with van der Waals surface area (Å²) in [5, 5.41) is 9.66. The number of benzene rings is 3. The quantitative estimate of drug-likeness (QED) is 0.447. The monoisotopic (exact) mass is 375 g/mol. The predicted molar refractivity (Wildman–Crippen MR) is 115 cm³/mol. The van der Waals surface area contributed by atoms with E-state index in [0.29, 0.717) is 13.0 Å². The van der Waals surface area contributed by atoms with Gasteiger partial charge in [0.2, 0.25) is 0 Å². The van der Waals surface area contributed by atoms with E-state index in [1.165, 1.54) is 5.39 Å². The smallest absolute Gasteiger partial charge is 0.262 e. The molecule has 5 heteroatoms. The van der Waals surface area contributed by atoms with E-state index in [1.54, 1.807) is 6.21 Å². The maximum absolute atomic E-state index is 12.4. The van der Waals surface area contributed by atoms with Gasteiger partial charge in [-0.05, 0) is 60.0 Å². The summed E-state index contributed by atoms with van der Waals surface area (Å²) >= 11 is 0. The summed E-state index contributed by atoms with van der Waals surface area (Å²) in [6.45, 7) is 4.53. The average molecular weight is 375 g/mol. The first kappa shape index (κ1) is 19.4. The fraction of sp³-hybridized carbons (Fsp3) is 0.217. The maximum atomic E-state index is 12.4. The van der Waals surface area contributed by atoms with Crippen LogP contribution in [0.3, 0.4) is 0 Å². The van der Waals surface area contributed by atoms with Crippen molar-refractivity contribution in [3.63, 3.8) is 0 Å². The van der Waals surface area contributed by atoms with Crippen LogP contribution in [-0.2, 0) is 4.79 Å². The van der Waals surface area contributed by atoms with Crippen LogP contribution in [0.5, 0.6) is 5.75 Å². The Kier molecular flexibility index (Phi) is 6.63. The Hall–Kier alpha value is -3.34. The van der Waals surface area contributed by atoms with Gasteiger partial charge in [-0.3, -0.25) is 4.79 Å². The summed E-state index contributed by atoms with van der Waals surface area (Å²) in [5.74, 6) is 0.638. The van der Waals surface area contributed by atoms with Crippen molar-refractivity contribution in [3.8, 4) is 5.75 Å². The summed E-state index contributed by atoms with van der Waals surface area (Å²) < 4.78 is 5.44. The van der Waals surface area contributed by atoms with Crippen molar-refractivity contribution >= 4 is 28.6 Å². The third kappa shape index (κ3) is 5.10. The molecule has 1 atom stereocenters. The lowest BCUT2D eigenvalue weighted by Crippen LogP contribution is -2.36. The van der Waals surface area contributed by atoms with Crippen LogP contribution in [0, 0.1) is 0 Å². The lowest BCUT2D eigenvalue weighted by molar-refractivity contribution is -0.121. The first-order chi connectivity index (χ1) is 13.7. The largest absolute Gasteiger partial charge is 0.494 e. The van der Waals surface area contributed by atoms with Gasteiger partial charge in [0.15, 0.2) is 0 Å². The number of carbonyl (C=O) groups excluding carboxylic acids is 1. The molecule has 5 nitrogen and oxygen atoms in total. The summed E-state index contributed by atoms with van der Waals surface area (Å²) in [7, 11) is 0. The molecular formula is C23H25N3O2. The van der Waals surface area contributed by atoms with Crippen molar-refractivity contribution in [2.45, 2.75) is 26.3 Å². The number of anilines is 1. The SMILES string of the molecule is CCOc1ccc(N[C@@H](CC)C(=O)N/N=C\c2ccc3ccccc3c2)cc1. The van der Waals surface area contributed by atoms with Crippen LogP contribution < -0.4 is 15.5 Å². The van der Waals surface area contributed by atoms with Crippen molar-refractivity contribution in [3.05, 3.63) is 72.3 Å². The Balaban J connectivity index is 1.58. The number of carbonyl (C=O) groups is 1. The third-order valence-electron chi connectivity index (χ3n) is 4.39. The minimum Gasteiger partial charge on any atom is -0.494 e. The summed E-state index contributed by atoms with van der Waals surface area (Å²) in [6, 6.07) is 21.4. The van der Waals surface area contributed by atoms with Crippen LogP contribution in [0.2, 0.25) is 0 Å². The molecule has 0 aliphatic heterocycles. The van der Waals surface area contributed by atoms with Crippen molar-refractivity contribution < 1.29 is 9.53 Å². The summed E-state index contributed by atoms with van der Waals surface area (Å²) in [6.07, 6.45) is 2.30. The molecule has 0 aliphatic rings. The Morgan fingerprint density at radius 1 is 1.04 bits per heavy atom. The Labute approximate surface area is 165 Å². The minimum atomic E-state index is -0.369. The zero-order valence-electron chi connectivity index (χ0n) is 16.2. The molecule has 0 saturated carbocycles. The Morgan fingerprint density at radius 2 is 1.79 bits per heavy atom. The fourth-order valence-electron chi connectivity index (χ4n) is 2.90. The van der Waals surface area contributed by atoms with Gasteiger partial charge < -0.3 is 10.1 Å². The molecule has 0 heterocycles. The van der Waals surface area contributed by atoms with Gasteiger partial charge in [-0.25, -0.2) is 5.43 Å². The molecule has 28 heavy (non-hydrogen) atoms. The minimum absolute atomic E-state index is 0.173. The van der Waals surface area contributed by atoms with Crippen LogP contribution in [0.1, 0.15) is 25.8 Å².